The Bertz CT molecular complexity index is 675. The fourth-order valence-corrected chi connectivity index (χ4v) is 2.59. The van der Waals surface area contributed by atoms with Gasteiger partial charge in [0.05, 0.1) is 5.69 Å². The monoisotopic (exact) mass is 285 g/mol. The van der Waals surface area contributed by atoms with E-state index in [0.717, 1.165) is 28.1 Å². The fraction of sp³-hybridized carbons (Fsp3) is 0.200. The zero-order valence-corrected chi connectivity index (χ0v) is 11.9. The van der Waals surface area contributed by atoms with Crippen LogP contribution in [0.3, 0.4) is 0 Å². The molecule has 0 fully saturated rings. The van der Waals surface area contributed by atoms with E-state index >= 15 is 0 Å². The molecule has 0 bridgehead atoms. The molecule has 0 spiro atoms. The van der Waals surface area contributed by atoms with Gasteiger partial charge in [-0.15, -0.1) is 0 Å². The number of para-hydroxylation sites is 2. The first kappa shape index (κ1) is 13.1. The molecule has 0 aliphatic rings. The van der Waals surface area contributed by atoms with E-state index in [1.807, 2.05) is 49.5 Å². The predicted molar refractivity (Wildman–Crippen MR) is 79.6 cm³/mol. The molecule has 2 aromatic heterocycles. The lowest BCUT2D eigenvalue weighted by Crippen LogP contribution is -2.10. The summed E-state index contributed by atoms with van der Waals surface area (Å²) in [5.74, 6) is 0. The lowest BCUT2D eigenvalue weighted by atomic mass is 10.1. The molecule has 3 aromatic rings. The van der Waals surface area contributed by atoms with Gasteiger partial charge in [-0.3, -0.25) is 4.98 Å². The first-order valence-corrected chi connectivity index (χ1v) is 7.33. The topological polar surface area (TPSA) is 64.9 Å². The van der Waals surface area contributed by atoms with Crippen LogP contribution < -0.4 is 5.73 Å². The number of oxazole rings is 1. The molecule has 0 amide bonds. The molecule has 0 saturated carbocycles. The third kappa shape index (κ3) is 2.69. The van der Waals surface area contributed by atoms with E-state index in [0.29, 0.717) is 5.22 Å². The van der Waals surface area contributed by atoms with Crippen molar-refractivity contribution < 1.29 is 4.42 Å². The summed E-state index contributed by atoms with van der Waals surface area (Å²) >= 11 is 1.46. The van der Waals surface area contributed by atoms with Crippen LogP contribution in [-0.2, 0) is 0 Å². The number of hydrogen-bond donors (Lipinski definition) is 1. The van der Waals surface area contributed by atoms with E-state index in [1.165, 1.54) is 11.8 Å². The summed E-state index contributed by atoms with van der Waals surface area (Å²) in [6.45, 7) is 2.05. The van der Waals surface area contributed by atoms with Crippen molar-refractivity contribution in [2.75, 3.05) is 0 Å². The summed E-state index contributed by atoms with van der Waals surface area (Å²) in [5, 5.41) is 0.625. The maximum atomic E-state index is 5.95. The number of hydrogen-bond acceptors (Lipinski definition) is 5. The highest BCUT2D eigenvalue weighted by Crippen LogP contribution is 2.29. The zero-order valence-electron chi connectivity index (χ0n) is 11.1. The largest absolute Gasteiger partial charge is 0.431 e. The van der Waals surface area contributed by atoms with Gasteiger partial charge in [0.25, 0.3) is 5.22 Å². The van der Waals surface area contributed by atoms with Gasteiger partial charge in [0.15, 0.2) is 5.58 Å². The number of pyridine rings is 1. The van der Waals surface area contributed by atoms with Gasteiger partial charge in [0.1, 0.15) is 5.52 Å². The second-order valence-corrected chi connectivity index (χ2v) is 5.51. The lowest BCUT2D eigenvalue weighted by Gasteiger charge is -2.07. The van der Waals surface area contributed by atoms with Crippen molar-refractivity contribution in [3.63, 3.8) is 0 Å². The second-order valence-electron chi connectivity index (χ2n) is 4.48. The van der Waals surface area contributed by atoms with Crippen molar-refractivity contribution in [2.24, 2.45) is 5.73 Å². The number of fused-ring (bicyclic) bond motifs is 1. The molecule has 20 heavy (non-hydrogen) atoms. The van der Waals surface area contributed by atoms with Crippen molar-refractivity contribution in [3.05, 3.63) is 48.3 Å². The Morgan fingerprint density at radius 3 is 2.80 bits per heavy atom. The normalized spacial score (nSPS) is 12.7. The van der Waals surface area contributed by atoms with Crippen LogP contribution in [0.25, 0.3) is 11.1 Å². The van der Waals surface area contributed by atoms with Crippen LogP contribution in [0.15, 0.2) is 57.1 Å². The molecule has 5 heteroatoms. The SMILES string of the molecule is CC[C@@H](N)c1ccc(Sc2nc3ccccc3o2)cn1. The van der Waals surface area contributed by atoms with Gasteiger partial charge >= 0.3 is 0 Å². The number of aromatic nitrogens is 2. The number of rotatable bonds is 4. The van der Waals surface area contributed by atoms with Crippen LogP contribution in [0.1, 0.15) is 25.1 Å². The molecule has 0 aliphatic heterocycles. The van der Waals surface area contributed by atoms with Gasteiger partial charge in [-0.25, -0.2) is 4.98 Å². The van der Waals surface area contributed by atoms with Crippen LogP contribution in [0.2, 0.25) is 0 Å². The zero-order chi connectivity index (χ0) is 13.9. The number of nitrogens with two attached hydrogens (primary N) is 1. The minimum absolute atomic E-state index is 0.00150. The Balaban J connectivity index is 1.80. The molecule has 0 saturated heterocycles. The molecule has 4 nitrogen and oxygen atoms in total. The van der Waals surface area contributed by atoms with Crippen LogP contribution in [-0.4, -0.2) is 9.97 Å². The molecule has 3 rings (SSSR count). The quantitative estimate of drug-likeness (QED) is 0.790. The van der Waals surface area contributed by atoms with Crippen molar-refractivity contribution in [1.82, 2.24) is 9.97 Å². The van der Waals surface area contributed by atoms with Crippen molar-refractivity contribution in [1.29, 1.82) is 0 Å². The Morgan fingerprint density at radius 1 is 1.25 bits per heavy atom. The fourth-order valence-electron chi connectivity index (χ4n) is 1.88. The Morgan fingerprint density at radius 2 is 2.10 bits per heavy atom. The summed E-state index contributed by atoms with van der Waals surface area (Å²) < 4.78 is 5.67. The molecule has 0 radical (unpaired) electrons. The predicted octanol–water partition coefficient (Wildman–Crippen LogP) is 3.78. The van der Waals surface area contributed by atoms with E-state index in [4.69, 9.17) is 10.2 Å². The van der Waals surface area contributed by atoms with Crippen LogP contribution >= 0.6 is 11.8 Å². The summed E-state index contributed by atoms with van der Waals surface area (Å²) in [5.41, 5.74) is 8.53. The highest BCUT2D eigenvalue weighted by molar-refractivity contribution is 7.99. The Kier molecular flexibility index (Phi) is 3.71. The van der Waals surface area contributed by atoms with Gasteiger partial charge in [-0.1, -0.05) is 19.1 Å². The average Bonchev–Trinajstić information content (AvgIpc) is 2.89. The molecular weight excluding hydrogens is 270 g/mol. The Labute approximate surface area is 121 Å². The summed E-state index contributed by atoms with van der Waals surface area (Å²) in [7, 11) is 0. The van der Waals surface area contributed by atoms with Crippen molar-refractivity contribution >= 4 is 22.9 Å². The van der Waals surface area contributed by atoms with Crippen molar-refractivity contribution in [2.45, 2.75) is 29.5 Å². The maximum absolute atomic E-state index is 5.95. The first-order valence-electron chi connectivity index (χ1n) is 6.51. The Hall–Kier alpha value is -1.85. The molecule has 2 heterocycles. The summed E-state index contributed by atoms with van der Waals surface area (Å²) in [4.78, 5) is 9.80. The highest BCUT2D eigenvalue weighted by atomic mass is 32.2. The average molecular weight is 285 g/mol. The third-order valence-electron chi connectivity index (χ3n) is 3.06. The molecule has 102 valence electrons. The van der Waals surface area contributed by atoms with E-state index in [9.17, 15) is 0 Å². The lowest BCUT2D eigenvalue weighted by molar-refractivity contribution is 0.489. The van der Waals surface area contributed by atoms with Crippen LogP contribution in [0.4, 0.5) is 0 Å². The molecule has 0 aliphatic carbocycles. The van der Waals surface area contributed by atoms with Gasteiger partial charge in [-0.05, 0) is 42.4 Å². The molecule has 0 unspecified atom stereocenters. The van der Waals surface area contributed by atoms with E-state index in [-0.39, 0.29) is 6.04 Å². The minimum atomic E-state index is -0.00150. The van der Waals surface area contributed by atoms with E-state index in [1.54, 1.807) is 0 Å². The molecule has 2 N–H and O–H groups in total. The standard InChI is InChI=1S/C15H15N3OS/c1-2-11(16)12-8-7-10(9-17-12)20-15-18-13-5-3-4-6-14(13)19-15/h3-9,11H,2,16H2,1H3/t11-/m1/s1. The minimum Gasteiger partial charge on any atom is -0.431 e. The van der Waals surface area contributed by atoms with Gasteiger partial charge in [0, 0.05) is 17.1 Å². The molecule has 1 aromatic carbocycles. The maximum Gasteiger partial charge on any atom is 0.261 e. The van der Waals surface area contributed by atoms with E-state index in [2.05, 4.69) is 9.97 Å². The molecular formula is C15H15N3OS. The van der Waals surface area contributed by atoms with Crippen molar-refractivity contribution in [3.8, 4) is 0 Å². The first-order chi connectivity index (χ1) is 9.76. The van der Waals surface area contributed by atoms with Gasteiger partial charge in [0.2, 0.25) is 0 Å². The summed E-state index contributed by atoms with van der Waals surface area (Å²) in [6, 6.07) is 11.7. The number of nitrogens with zero attached hydrogens (tertiary/aromatic N) is 2. The van der Waals surface area contributed by atoms with Gasteiger partial charge < -0.3 is 10.2 Å². The number of benzene rings is 1. The van der Waals surface area contributed by atoms with Crippen LogP contribution in [0.5, 0.6) is 0 Å². The van der Waals surface area contributed by atoms with Gasteiger partial charge in [-0.2, -0.15) is 0 Å². The smallest absolute Gasteiger partial charge is 0.261 e. The van der Waals surface area contributed by atoms with Crippen LogP contribution in [0, 0.1) is 0 Å². The second kappa shape index (κ2) is 5.64. The third-order valence-corrected chi connectivity index (χ3v) is 3.88. The van der Waals surface area contributed by atoms with E-state index < -0.39 is 0 Å². The highest BCUT2D eigenvalue weighted by Gasteiger charge is 2.09. The molecule has 1 atom stereocenters. The summed E-state index contributed by atoms with van der Waals surface area (Å²) in [6.07, 6.45) is 2.69.